The molecule has 2 rings (SSSR count). The second kappa shape index (κ2) is 2.05. The first kappa shape index (κ1) is 6.34. The van der Waals surface area contributed by atoms with E-state index in [2.05, 4.69) is 10.1 Å². The van der Waals surface area contributed by atoms with Crippen molar-refractivity contribution in [3.8, 4) is 0 Å². The number of nitrogens with zero attached hydrogens (tertiary/aromatic N) is 3. The van der Waals surface area contributed by atoms with Gasteiger partial charge in [0, 0.05) is 24.8 Å². The maximum absolute atomic E-state index is 4.13. The summed E-state index contributed by atoms with van der Waals surface area (Å²) in [6, 6.07) is 0. The van der Waals surface area contributed by atoms with E-state index in [0.29, 0.717) is 0 Å². The lowest BCUT2D eigenvalue weighted by Gasteiger charge is -1.96. The first-order valence-corrected chi connectivity index (χ1v) is 3.51. The zero-order valence-electron chi connectivity index (χ0n) is 6.57. The van der Waals surface area contributed by atoms with Crippen molar-refractivity contribution in [2.45, 2.75) is 6.92 Å². The zero-order valence-corrected chi connectivity index (χ0v) is 6.57. The average molecular weight is 147 g/mol. The molecule has 0 bridgehead atoms. The van der Waals surface area contributed by atoms with Crippen LogP contribution in [0.15, 0.2) is 18.6 Å². The molecule has 0 fully saturated rings. The Morgan fingerprint density at radius 1 is 1.27 bits per heavy atom. The SMILES string of the molecule is Cc1cncc2cnn(C)c12. The van der Waals surface area contributed by atoms with Crippen LogP contribution in [0, 0.1) is 6.92 Å². The molecule has 0 N–H and O–H groups in total. The Hall–Kier alpha value is -1.38. The fourth-order valence-corrected chi connectivity index (χ4v) is 1.32. The summed E-state index contributed by atoms with van der Waals surface area (Å²) in [4.78, 5) is 4.07. The summed E-state index contributed by atoms with van der Waals surface area (Å²) in [5.74, 6) is 0. The summed E-state index contributed by atoms with van der Waals surface area (Å²) in [7, 11) is 1.94. The molecule has 3 heteroatoms. The van der Waals surface area contributed by atoms with Crippen molar-refractivity contribution in [3.05, 3.63) is 24.2 Å². The molecule has 0 atom stereocenters. The number of hydrogen-bond acceptors (Lipinski definition) is 2. The fraction of sp³-hybridized carbons (Fsp3) is 0.250. The van der Waals surface area contributed by atoms with Gasteiger partial charge in [-0.15, -0.1) is 0 Å². The molecule has 0 saturated heterocycles. The summed E-state index contributed by atoms with van der Waals surface area (Å²) in [5.41, 5.74) is 2.34. The third-order valence-electron chi connectivity index (χ3n) is 1.82. The van der Waals surface area contributed by atoms with Crippen LogP contribution in [-0.2, 0) is 7.05 Å². The van der Waals surface area contributed by atoms with Gasteiger partial charge in [0.25, 0.3) is 0 Å². The highest BCUT2D eigenvalue weighted by Crippen LogP contribution is 2.14. The van der Waals surface area contributed by atoms with E-state index >= 15 is 0 Å². The minimum absolute atomic E-state index is 1.10. The van der Waals surface area contributed by atoms with Gasteiger partial charge in [-0.1, -0.05) is 0 Å². The monoisotopic (exact) mass is 147 g/mol. The number of aryl methyl sites for hydroxylation is 2. The maximum atomic E-state index is 4.13. The molecule has 0 amide bonds. The molecule has 56 valence electrons. The van der Waals surface area contributed by atoms with Gasteiger partial charge in [0.1, 0.15) is 0 Å². The highest BCUT2D eigenvalue weighted by Gasteiger charge is 2.00. The van der Waals surface area contributed by atoms with E-state index in [0.717, 1.165) is 5.39 Å². The summed E-state index contributed by atoms with van der Waals surface area (Å²) >= 11 is 0. The van der Waals surface area contributed by atoms with Gasteiger partial charge in [-0.05, 0) is 12.5 Å². The van der Waals surface area contributed by atoms with Crippen LogP contribution >= 0.6 is 0 Å². The summed E-state index contributed by atoms with van der Waals surface area (Å²) in [6.45, 7) is 2.04. The number of rotatable bonds is 0. The van der Waals surface area contributed by atoms with Gasteiger partial charge >= 0.3 is 0 Å². The van der Waals surface area contributed by atoms with Gasteiger partial charge in [-0.3, -0.25) is 9.67 Å². The van der Waals surface area contributed by atoms with Crippen LogP contribution in [-0.4, -0.2) is 14.8 Å². The van der Waals surface area contributed by atoms with Crippen molar-refractivity contribution in [2.75, 3.05) is 0 Å². The predicted molar refractivity (Wildman–Crippen MR) is 43.2 cm³/mol. The van der Waals surface area contributed by atoms with Crippen LogP contribution in [0.25, 0.3) is 10.9 Å². The van der Waals surface area contributed by atoms with Gasteiger partial charge in [-0.25, -0.2) is 0 Å². The molecule has 0 aliphatic heterocycles. The minimum atomic E-state index is 1.10. The molecule has 0 aliphatic carbocycles. The van der Waals surface area contributed by atoms with Crippen molar-refractivity contribution in [1.82, 2.24) is 14.8 Å². The van der Waals surface area contributed by atoms with Crippen LogP contribution in [0.1, 0.15) is 5.56 Å². The molecule has 0 spiro atoms. The smallest absolute Gasteiger partial charge is 0.0739 e. The van der Waals surface area contributed by atoms with Crippen LogP contribution in [0.5, 0.6) is 0 Å². The molecule has 11 heavy (non-hydrogen) atoms. The van der Waals surface area contributed by atoms with Crippen molar-refractivity contribution in [3.63, 3.8) is 0 Å². The molecular formula is C8H9N3. The van der Waals surface area contributed by atoms with Gasteiger partial charge in [-0.2, -0.15) is 5.10 Å². The van der Waals surface area contributed by atoms with E-state index in [-0.39, 0.29) is 0 Å². The number of aromatic nitrogens is 3. The Labute approximate surface area is 64.7 Å². The molecule has 0 aromatic carbocycles. The van der Waals surface area contributed by atoms with E-state index < -0.39 is 0 Å². The molecule has 2 heterocycles. The first-order chi connectivity index (χ1) is 5.29. The largest absolute Gasteiger partial charge is 0.268 e. The molecule has 0 radical (unpaired) electrons. The molecule has 0 saturated carbocycles. The summed E-state index contributed by atoms with van der Waals surface area (Å²) < 4.78 is 1.87. The standard InChI is InChI=1S/C8H9N3/c1-6-3-9-4-7-5-10-11(2)8(6)7/h3-5H,1-2H3. The lowest BCUT2D eigenvalue weighted by molar-refractivity contribution is 0.794. The molecule has 2 aromatic heterocycles. The van der Waals surface area contributed by atoms with Crippen LogP contribution in [0.4, 0.5) is 0 Å². The van der Waals surface area contributed by atoms with Crippen molar-refractivity contribution >= 4 is 10.9 Å². The highest BCUT2D eigenvalue weighted by atomic mass is 15.2. The Bertz CT molecular complexity index is 389. The van der Waals surface area contributed by atoms with E-state index in [9.17, 15) is 0 Å². The second-order valence-electron chi connectivity index (χ2n) is 2.66. The minimum Gasteiger partial charge on any atom is -0.268 e. The number of hydrogen-bond donors (Lipinski definition) is 0. The average Bonchev–Trinajstić information content (AvgIpc) is 2.34. The maximum Gasteiger partial charge on any atom is 0.0739 e. The Kier molecular flexibility index (Phi) is 1.18. The quantitative estimate of drug-likeness (QED) is 0.562. The van der Waals surface area contributed by atoms with Crippen molar-refractivity contribution in [2.24, 2.45) is 7.05 Å². The molecule has 2 aromatic rings. The number of fused-ring (bicyclic) bond motifs is 1. The number of pyridine rings is 1. The van der Waals surface area contributed by atoms with Gasteiger partial charge in [0.05, 0.1) is 11.7 Å². The third-order valence-corrected chi connectivity index (χ3v) is 1.82. The van der Waals surface area contributed by atoms with Gasteiger partial charge in [0.15, 0.2) is 0 Å². The van der Waals surface area contributed by atoms with Crippen LogP contribution in [0.2, 0.25) is 0 Å². The summed E-state index contributed by atoms with van der Waals surface area (Å²) in [6.07, 6.45) is 5.51. The summed E-state index contributed by atoms with van der Waals surface area (Å²) in [5, 5.41) is 5.24. The Morgan fingerprint density at radius 3 is 2.82 bits per heavy atom. The Balaban J connectivity index is 2.96. The third kappa shape index (κ3) is 0.808. The normalized spacial score (nSPS) is 10.7. The lowest BCUT2D eigenvalue weighted by atomic mass is 10.2. The van der Waals surface area contributed by atoms with Crippen LogP contribution < -0.4 is 0 Å². The molecule has 3 nitrogen and oxygen atoms in total. The van der Waals surface area contributed by atoms with Gasteiger partial charge in [0.2, 0.25) is 0 Å². The van der Waals surface area contributed by atoms with E-state index in [1.54, 1.807) is 0 Å². The Morgan fingerprint density at radius 2 is 2.09 bits per heavy atom. The molecular weight excluding hydrogens is 138 g/mol. The fourth-order valence-electron chi connectivity index (χ4n) is 1.32. The second-order valence-corrected chi connectivity index (χ2v) is 2.66. The highest BCUT2D eigenvalue weighted by molar-refractivity contribution is 5.80. The van der Waals surface area contributed by atoms with E-state index in [1.165, 1.54) is 11.1 Å². The molecule has 0 unspecified atom stereocenters. The van der Waals surface area contributed by atoms with E-state index in [4.69, 9.17) is 0 Å². The molecule has 0 aliphatic rings. The van der Waals surface area contributed by atoms with E-state index in [1.807, 2.05) is 37.2 Å². The van der Waals surface area contributed by atoms with Gasteiger partial charge < -0.3 is 0 Å². The first-order valence-electron chi connectivity index (χ1n) is 3.51. The van der Waals surface area contributed by atoms with Crippen LogP contribution in [0.3, 0.4) is 0 Å². The topological polar surface area (TPSA) is 30.7 Å². The van der Waals surface area contributed by atoms with Crippen molar-refractivity contribution in [1.29, 1.82) is 0 Å². The predicted octanol–water partition coefficient (Wildman–Crippen LogP) is 1.28. The zero-order chi connectivity index (χ0) is 7.84. The lowest BCUT2D eigenvalue weighted by Crippen LogP contribution is -1.91. The van der Waals surface area contributed by atoms with Crippen molar-refractivity contribution < 1.29 is 0 Å².